The van der Waals surface area contributed by atoms with Crippen LogP contribution in [0.4, 0.5) is 0 Å². The smallest absolute Gasteiger partial charge is 0.337 e. The van der Waals surface area contributed by atoms with Gasteiger partial charge in [-0.25, -0.2) is 9.78 Å². The molecule has 0 spiro atoms. The van der Waals surface area contributed by atoms with Gasteiger partial charge in [-0.15, -0.1) is 0 Å². The summed E-state index contributed by atoms with van der Waals surface area (Å²) in [6, 6.07) is 15.2. The molecule has 136 valence electrons. The van der Waals surface area contributed by atoms with E-state index >= 15 is 0 Å². The zero-order valence-corrected chi connectivity index (χ0v) is 15.0. The van der Waals surface area contributed by atoms with E-state index in [-0.39, 0.29) is 11.5 Å². The second-order valence-corrected chi connectivity index (χ2v) is 6.52. The summed E-state index contributed by atoms with van der Waals surface area (Å²) in [6.07, 6.45) is 5.41. The molecule has 1 N–H and O–H groups in total. The van der Waals surface area contributed by atoms with Crippen LogP contribution in [0.5, 0.6) is 0 Å². The lowest BCUT2D eigenvalue weighted by Gasteiger charge is -2.01. The normalized spacial score (nSPS) is 12.2. The third kappa shape index (κ3) is 2.31. The lowest BCUT2D eigenvalue weighted by atomic mass is 10.1. The summed E-state index contributed by atoms with van der Waals surface area (Å²) in [4.78, 5) is 31.5. The van der Waals surface area contributed by atoms with E-state index in [2.05, 4.69) is 9.97 Å². The van der Waals surface area contributed by atoms with Gasteiger partial charge in [-0.2, -0.15) is 0 Å². The number of ether oxygens (including phenoxy) is 1. The van der Waals surface area contributed by atoms with Crippen molar-refractivity contribution in [2.45, 2.75) is 0 Å². The van der Waals surface area contributed by atoms with Crippen LogP contribution >= 0.6 is 0 Å². The highest BCUT2D eigenvalue weighted by Gasteiger charge is 2.14. The molecule has 0 saturated heterocycles. The Bertz CT molecular complexity index is 1490. The number of fused-ring (bicyclic) bond motifs is 5. The molecular weight excluding hydrogens is 354 g/mol. The lowest BCUT2D eigenvalue weighted by molar-refractivity contribution is 0.0600. The average Bonchev–Trinajstić information content (AvgIpc) is 3.32. The molecule has 28 heavy (non-hydrogen) atoms. The summed E-state index contributed by atoms with van der Waals surface area (Å²) < 4.78 is 6.63. The summed E-state index contributed by atoms with van der Waals surface area (Å²) >= 11 is 0. The molecule has 0 fully saturated rings. The van der Waals surface area contributed by atoms with Crippen LogP contribution in [0, 0.1) is 0 Å². The Morgan fingerprint density at radius 3 is 2.79 bits per heavy atom. The van der Waals surface area contributed by atoms with Gasteiger partial charge >= 0.3 is 5.97 Å². The lowest BCUT2D eigenvalue weighted by Crippen LogP contribution is -2.13. The number of rotatable bonds is 2. The minimum Gasteiger partial charge on any atom is -0.465 e. The van der Waals surface area contributed by atoms with Crippen LogP contribution in [0.2, 0.25) is 0 Å². The second kappa shape index (κ2) is 6.06. The number of hydrogen-bond donors (Lipinski definition) is 1. The van der Waals surface area contributed by atoms with E-state index in [9.17, 15) is 9.59 Å². The first kappa shape index (κ1) is 16.3. The van der Waals surface area contributed by atoms with Crippen molar-refractivity contribution in [2.24, 2.45) is 0 Å². The number of nitrogens with one attached hydrogen (secondary N) is 1. The van der Waals surface area contributed by atoms with Crippen LogP contribution in [0.15, 0.2) is 65.7 Å². The van der Waals surface area contributed by atoms with Gasteiger partial charge in [0, 0.05) is 23.0 Å². The number of nitrogens with zero attached hydrogens (tertiary/aromatic N) is 2. The molecule has 5 rings (SSSR count). The largest absolute Gasteiger partial charge is 0.465 e. The molecule has 0 aliphatic carbocycles. The van der Waals surface area contributed by atoms with E-state index in [0.29, 0.717) is 11.2 Å². The number of H-pyrrole nitrogens is 1. The molecular formula is C22H15N3O3. The van der Waals surface area contributed by atoms with Crippen molar-refractivity contribution in [3.05, 3.63) is 87.6 Å². The highest BCUT2D eigenvalue weighted by Crippen LogP contribution is 2.22. The van der Waals surface area contributed by atoms with Crippen molar-refractivity contribution in [1.82, 2.24) is 14.4 Å². The van der Waals surface area contributed by atoms with E-state index in [1.165, 1.54) is 7.11 Å². The van der Waals surface area contributed by atoms with Gasteiger partial charge in [0.25, 0.3) is 5.56 Å². The predicted octanol–water partition coefficient (Wildman–Crippen LogP) is 2.66. The number of aromatic amines is 1. The van der Waals surface area contributed by atoms with Crippen LogP contribution < -0.4 is 10.8 Å². The average molecular weight is 369 g/mol. The van der Waals surface area contributed by atoms with E-state index in [1.54, 1.807) is 24.5 Å². The standard InChI is InChI=1S/C22H15N3O3/c1-28-22(27)14-6-4-5-13(11-14)12-17-15-7-2-3-8-16(15)18-19(17)25-10-9-23-20(25)21(26)24-18/h2-12H,1H3,(H,24,26). The third-order valence-corrected chi connectivity index (χ3v) is 4.92. The van der Waals surface area contributed by atoms with Gasteiger partial charge in [-0.3, -0.25) is 9.20 Å². The minimum absolute atomic E-state index is 0.229. The van der Waals surface area contributed by atoms with Crippen molar-refractivity contribution >= 4 is 39.5 Å². The number of methoxy groups -OCH3 is 1. The van der Waals surface area contributed by atoms with Gasteiger partial charge in [0.2, 0.25) is 5.65 Å². The molecule has 0 atom stereocenters. The molecule has 0 radical (unpaired) electrons. The SMILES string of the molecule is COC(=O)c1cccc(C=c2c3ccccc3c3[nH]c(=O)c4nccn4c23)c1. The fourth-order valence-electron chi connectivity index (χ4n) is 3.71. The van der Waals surface area contributed by atoms with Crippen molar-refractivity contribution in [2.75, 3.05) is 7.11 Å². The molecule has 2 heterocycles. The van der Waals surface area contributed by atoms with E-state index in [0.717, 1.165) is 32.6 Å². The second-order valence-electron chi connectivity index (χ2n) is 6.52. The van der Waals surface area contributed by atoms with Crippen molar-refractivity contribution < 1.29 is 9.53 Å². The molecule has 6 heteroatoms. The zero-order chi connectivity index (χ0) is 19.3. The topological polar surface area (TPSA) is 76.5 Å². The number of esters is 1. The zero-order valence-electron chi connectivity index (χ0n) is 15.0. The maximum atomic E-state index is 12.4. The molecule has 0 aliphatic rings. The fraction of sp³-hybridized carbons (Fsp3) is 0.0455. The quantitative estimate of drug-likeness (QED) is 0.486. The Balaban J connectivity index is 1.93. The first-order valence-corrected chi connectivity index (χ1v) is 8.77. The number of imidazole rings is 1. The number of aromatic nitrogens is 3. The Labute approximate surface area is 158 Å². The summed E-state index contributed by atoms with van der Waals surface area (Å²) in [5.41, 5.74) is 3.10. The van der Waals surface area contributed by atoms with Crippen LogP contribution in [0.1, 0.15) is 15.9 Å². The molecule has 0 bridgehead atoms. The van der Waals surface area contributed by atoms with Crippen molar-refractivity contribution in [3.63, 3.8) is 0 Å². The van der Waals surface area contributed by atoms with Gasteiger partial charge < -0.3 is 9.72 Å². The summed E-state index contributed by atoms with van der Waals surface area (Å²) in [5, 5.41) is 2.92. The molecule has 6 nitrogen and oxygen atoms in total. The highest BCUT2D eigenvalue weighted by molar-refractivity contribution is 6.10. The number of benzene rings is 2. The fourth-order valence-corrected chi connectivity index (χ4v) is 3.71. The van der Waals surface area contributed by atoms with Crippen LogP contribution in [-0.4, -0.2) is 27.4 Å². The molecule has 0 aliphatic heterocycles. The highest BCUT2D eigenvalue weighted by atomic mass is 16.5. The Morgan fingerprint density at radius 2 is 1.96 bits per heavy atom. The van der Waals surface area contributed by atoms with Crippen LogP contribution in [0.25, 0.3) is 33.5 Å². The Morgan fingerprint density at radius 1 is 1.14 bits per heavy atom. The van der Waals surface area contributed by atoms with E-state index in [4.69, 9.17) is 4.74 Å². The summed E-state index contributed by atoms with van der Waals surface area (Å²) in [7, 11) is 1.36. The van der Waals surface area contributed by atoms with Gasteiger partial charge in [0.05, 0.1) is 23.7 Å². The molecule has 2 aromatic heterocycles. The molecule has 0 amide bonds. The minimum atomic E-state index is -0.381. The first-order chi connectivity index (χ1) is 13.7. The van der Waals surface area contributed by atoms with Crippen molar-refractivity contribution in [3.8, 4) is 0 Å². The summed E-state index contributed by atoms with van der Waals surface area (Å²) in [5.74, 6) is -0.381. The van der Waals surface area contributed by atoms with Crippen molar-refractivity contribution in [1.29, 1.82) is 0 Å². The maximum absolute atomic E-state index is 12.4. The van der Waals surface area contributed by atoms with Gasteiger partial charge in [-0.05, 0) is 29.2 Å². The monoisotopic (exact) mass is 369 g/mol. The van der Waals surface area contributed by atoms with Gasteiger partial charge in [-0.1, -0.05) is 36.4 Å². The number of carbonyl (C=O) groups is 1. The van der Waals surface area contributed by atoms with Gasteiger partial charge in [0.1, 0.15) is 0 Å². The maximum Gasteiger partial charge on any atom is 0.337 e. The van der Waals surface area contributed by atoms with E-state index < -0.39 is 0 Å². The first-order valence-electron chi connectivity index (χ1n) is 8.77. The molecule has 5 aromatic rings. The number of carbonyl (C=O) groups excluding carboxylic acids is 1. The third-order valence-electron chi connectivity index (χ3n) is 4.92. The summed E-state index contributed by atoms with van der Waals surface area (Å²) in [6.45, 7) is 0. The van der Waals surface area contributed by atoms with Crippen LogP contribution in [0.3, 0.4) is 0 Å². The Hall–Kier alpha value is -3.93. The van der Waals surface area contributed by atoms with Crippen LogP contribution in [-0.2, 0) is 4.74 Å². The molecule has 3 aromatic carbocycles. The molecule has 0 unspecified atom stereocenters. The number of hydrogen-bond acceptors (Lipinski definition) is 4. The molecule has 0 saturated carbocycles. The van der Waals surface area contributed by atoms with Gasteiger partial charge in [0.15, 0.2) is 0 Å². The van der Waals surface area contributed by atoms with E-state index in [1.807, 2.05) is 46.9 Å². The predicted molar refractivity (Wildman–Crippen MR) is 107 cm³/mol. The Kier molecular flexibility index (Phi) is 3.52.